The highest BCUT2D eigenvalue weighted by Gasteiger charge is 2.42. The second kappa shape index (κ2) is 15.2. The van der Waals surface area contributed by atoms with Crippen molar-refractivity contribution in [1.29, 1.82) is 0 Å². The minimum Gasteiger partial charge on any atom is -0.394 e. The highest BCUT2D eigenvalue weighted by atomic mass is 16.7. The van der Waals surface area contributed by atoms with E-state index < -0.39 is 36.6 Å². The van der Waals surface area contributed by atoms with Gasteiger partial charge in [-0.1, -0.05) is 34.1 Å². The SMILES string of the molecule is CC(C)C.COC[C@@H]1C[C@@H](O)CN1C(=O)CCCCCO[C@@H]1OC(CO)[C@H](O)[C@H](O)C1C. The number of methoxy groups -OCH3 is 1. The van der Waals surface area contributed by atoms with Crippen molar-refractivity contribution in [3.63, 3.8) is 0 Å². The molecule has 0 aromatic rings. The largest absolute Gasteiger partial charge is 0.394 e. The quantitative estimate of drug-likeness (QED) is 0.352. The zero-order valence-electron chi connectivity index (χ0n) is 20.4. The lowest BCUT2D eigenvalue weighted by atomic mass is 9.92. The molecule has 2 fully saturated rings. The Morgan fingerprint density at radius 2 is 1.78 bits per heavy atom. The number of unbranched alkanes of at least 4 members (excludes halogenated alkanes) is 2. The number of aliphatic hydroxyl groups is 4. The smallest absolute Gasteiger partial charge is 0.222 e. The third-order valence-electron chi connectivity index (χ3n) is 5.58. The molecular formula is C23H45NO8. The monoisotopic (exact) mass is 463 g/mol. The molecule has 0 bridgehead atoms. The van der Waals surface area contributed by atoms with Crippen LogP contribution in [0.25, 0.3) is 0 Å². The van der Waals surface area contributed by atoms with E-state index in [4.69, 9.17) is 14.2 Å². The fourth-order valence-electron chi connectivity index (χ4n) is 3.86. The van der Waals surface area contributed by atoms with Gasteiger partial charge in [-0.3, -0.25) is 4.79 Å². The zero-order chi connectivity index (χ0) is 24.3. The van der Waals surface area contributed by atoms with Gasteiger partial charge in [0.05, 0.1) is 31.5 Å². The first-order valence-electron chi connectivity index (χ1n) is 11.8. The Hall–Kier alpha value is -0.810. The molecule has 0 aromatic heterocycles. The first-order valence-corrected chi connectivity index (χ1v) is 11.8. The molecule has 2 rings (SSSR count). The lowest BCUT2D eigenvalue weighted by Crippen LogP contribution is -2.55. The van der Waals surface area contributed by atoms with E-state index in [1.807, 2.05) is 0 Å². The molecule has 2 aliphatic heterocycles. The number of rotatable bonds is 10. The Morgan fingerprint density at radius 3 is 2.38 bits per heavy atom. The Labute approximate surface area is 192 Å². The van der Waals surface area contributed by atoms with Crippen LogP contribution < -0.4 is 0 Å². The second-order valence-corrected chi connectivity index (χ2v) is 9.52. The van der Waals surface area contributed by atoms with Crippen LogP contribution in [0.15, 0.2) is 0 Å². The maximum absolute atomic E-state index is 12.4. The minimum absolute atomic E-state index is 0.0339. The molecule has 0 aliphatic carbocycles. The van der Waals surface area contributed by atoms with Crippen molar-refractivity contribution in [1.82, 2.24) is 4.90 Å². The Bertz CT molecular complexity index is 515. The van der Waals surface area contributed by atoms with Crippen molar-refractivity contribution in [3.05, 3.63) is 0 Å². The van der Waals surface area contributed by atoms with Gasteiger partial charge in [0.1, 0.15) is 12.2 Å². The van der Waals surface area contributed by atoms with Gasteiger partial charge in [-0.25, -0.2) is 0 Å². The van der Waals surface area contributed by atoms with Crippen molar-refractivity contribution in [2.75, 3.05) is 33.5 Å². The van der Waals surface area contributed by atoms with Gasteiger partial charge < -0.3 is 39.5 Å². The number of carbonyl (C=O) groups excluding carboxylic acids is 1. The highest BCUT2D eigenvalue weighted by Crippen LogP contribution is 2.27. The normalized spacial score (nSPS) is 32.7. The van der Waals surface area contributed by atoms with E-state index in [0.717, 1.165) is 25.2 Å². The first kappa shape index (κ1) is 29.2. The van der Waals surface area contributed by atoms with Gasteiger partial charge in [-0.15, -0.1) is 0 Å². The summed E-state index contributed by atoms with van der Waals surface area (Å²) in [5, 5.41) is 38.8. The lowest BCUT2D eigenvalue weighted by Gasteiger charge is -2.40. The van der Waals surface area contributed by atoms with E-state index >= 15 is 0 Å². The topological polar surface area (TPSA) is 129 Å². The Balaban J connectivity index is 0.00000118. The maximum atomic E-state index is 12.4. The molecule has 1 amide bonds. The maximum Gasteiger partial charge on any atom is 0.222 e. The van der Waals surface area contributed by atoms with Crippen molar-refractivity contribution < 1.29 is 39.4 Å². The Kier molecular flexibility index (Phi) is 13.8. The molecule has 4 N–H and O–H groups in total. The molecule has 0 aromatic carbocycles. The molecule has 9 nitrogen and oxygen atoms in total. The van der Waals surface area contributed by atoms with E-state index in [1.165, 1.54) is 0 Å². The fraction of sp³-hybridized carbons (Fsp3) is 0.957. The summed E-state index contributed by atoms with van der Waals surface area (Å²) >= 11 is 0. The number of amides is 1. The molecular weight excluding hydrogens is 418 g/mol. The standard InChI is InChI=1S/C19H35NO8.C4H10/c1-12-17(24)18(25)15(10-21)28-19(12)27-7-5-3-4-6-16(23)20-9-14(22)8-13(20)11-26-2;1-4(2)3/h12-15,17-19,21-22,24-25H,3-11H2,1-2H3;4H,1-3H3/t12?,13-,14+,15?,17+,18-,19+;/m0./s1. The van der Waals surface area contributed by atoms with Gasteiger partial charge in [-0.2, -0.15) is 0 Å². The average molecular weight is 464 g/mol. The van der Waals surface area contributed by atoms with Gasteiger partial charge >= 0.3 is 0 Å². The van der Waals surface area contributed by atoms with Gasteiger partial charge in [0.15, 0.2) is 6.29 Å². The molecule has 9 heteroatoms. The van der Waals surface area contributed by atoms with Crippen LogP contribution in [0.2, 0.25) is 0 Å². The number of carbonyl (C=O) groups is 1. The number of β-amino-alcohol motifs (C(OH)–C–C–N with tert-alkyl or cyclic N) is 1. The summed E-state index contributed by atoms with van der Waals surface area (Å²) in [4.78, 5) is 14.1. The minimum atomic E-state index is -1.13. The van der Waals surface area contributed by atoms with Crippen molar-refractivity contribution >= 4 is 5.91 Å². The van der Waals surface area contributed by atoms with E-state index in [-0.39, 0.29) is 18.6 Å². The molecule has 2 heterocycles. The summed E-state index contributed by atoms with van der Waals surface area (Å²) in [6.45, 7) is 9.05. The molecule has 2 saturated heterocycles. The second-order valence-electron chi connectivity index (χ2n) is 9.52. The summed E-state index contributed by atoms with van der Waals surface area (Å²) in [7, 11) is 1.59. The van der Waals surface area contributed by atoms with Crippen LogP contribution in [-0.4, -0.2) is 101 Å². The lowest BCUT2D eigenvalue weighted by molar-refractivity contribution is -0.282. The van der Waals surface area contributed by atoms with Crippen molar-refractivity contribution in [3.8, 4) is 0 Å². The van der Waals surface area contributed by atoms with Gasteiger partial charge in [-0.05, 0) is 25.2 Å². The predicted octanol–water partition coefficient (Wildman–Crippen LogP) is 0.909. The summed E-state index contributed by atoms with van der Waals surface area (Å²) in [5.41, 5.74) is 0. The molecule has 0 radical (unpaired) electrons. The number of hydrogen-bond acceptors (Lipinski definition) is 8. The third-order valence-corrected chi connectivity index (χ3v) is 5.58. The summed E-state index contributed by atoms with van der Waals surface area (Å²) < 4.78 is 16.3. The van der Waals surface area contributed by atoms with Crippen LogP contribution in [0.1, 0.15) is 59.8 Å². The predicted molar refractivity (Wildman–Crippen MR) is 120 cm³/mol. The summed E-state index contributed by atoms with van der Waals surface area (Å²) in [6.07, 6.45) is -0.936. The molecule has 2 unspecified atom stereocenters. The number of nitrogens with zero attached hydrogens (tertiary/aromatic N) is 1. The highest BCUT2D eigenvalue weighted by molar-refractivity contribution is 5.76. The van der Waals surface area contributed by atoms with Gasteiger partial charge in [0, 0.05) is 32.6 Å². The molecule has 190 valence electrons. The molecule has 2 aliphatic rings. The van der Waals surface area contributed by atoms with Crippen molar-refractivity contribution in [2.45, 2.75) is 96.5 Å². The van der Waals surface area contributed by atoms with Crippen LogP contribution in [0.3, 0.4) is 0 Å². The van der Waals surface area contributed by atoms with E-state index in [1.54, 1.807) is 18.9 Å². The fourth-order valence-corrected chi connectivity index (χ4v) is 3.86. The number of aliphatic hydroxyl groups excluding tert-OH is 4. The summed E-state index contributed by atoms with van der Waals surface area (Å²) in [6, 6.07) is -0.0537. The zero-order valence-corrected chi connectivity index (χ0v) is 20.4. The third kappa shape index (κ3) is 9.59. The van der Waals surface area contributed by atoms with Crippen LogP contribution in [0.4, 0.5) is 0 Å². The first-order chi connectivity index (χ1) is 15.1. The van der Waals surface area contributed by atoms with E-state index in [0.29, 0.717) is 32.6 Å². The van der Waals surface area contributed by atoms with Gasteiger partial charge in [0.25, 0.3) is 0 Å². The van der Waals surface area contributed by atoms with Crippen LogP contribution in [0.5, 0.6) is 0 Å². The van der Waals surface area contributed by atoms with E-state index in [9.17, 15) is 25.2 Å². The molecule has 7 atom stereocenters. The number of ether oxygens (including phenoxy) is 3. The van der Waals surface area contributed by atoms with Crippen LogP contribution >= 0.6 is 0 Å². The number of likely N-dealkylation sites (tertiary alicyclic amines) is 1. The van der Waals surface area contributed by atoms with Gasteiger partial charge in [0.2, 0.25) is 5.91 Å². The molecule has 32 heavy (non-hydrogen) atoms. The summed E-state index contributed by atoms with van der Waals surface area (Å²) in [5.74, 6) is 0.463. The van der Waals surface area contributed by atoms with Crippen LogP contribution in [0, 0.1) is 11.8 Å². The Morgan fingerprint density at radius 1 is 1.12 bits per heavy atom. The van der Waals surface area contributed by atoms with E-state index in [2.05, 4.69) is 20.8 Å². The van der Waals surface area contributed by atoms with Crippen molar-refractivity contribution in [2.24, 2.45) is 11.8 Å². The average Bonchev–Trinajstić information content (AvgIpc) is 3.10. The number of hydrogen-bond donors (Lipinski definition) is 4. The molecule has 0 saturated carbocycles. The molecule has 0 spiro atoms. The van der Waals surface area contributed by atoms with Crippen LogP contribution in [-0.2, 0) is 19.0 Å².